The van der Waals surface area contributed by atoms with Gasteiger partial charge in [0.15, 0.2) is 0 Å². The first-order valence-corrected chi connectivity index (χ1v) is 6.02. The molecule has 5 heteroatoms. The Kier molecular flexibility index (Phi) is 5.42. The molecule has 1 aromatic rings. The number of hydrogen-bond donors (Lipinski definition) is 2. The highest BCUT2D eigenvalue weighted by atomic mass is 35.5. The number of nitrogens with one attached hydrogen (secondary N) is 1. The summed E-state index contributed by atoms with van der Waals surface area (Å²) in [4.78, 5) is 0. The summed E-state index contributed by atoms with van der Waals surface area (Å²) < 4.78 is 4.93. The summed E-state index contributed by atoms with van der Waals surface area (Å²) in [6, 6.07) is 7.22. The van der Waals surface area contributed by atoms with Gasteiger partial charge in [-0.2, -0.15) is 5.26 Å². The van der Waals surface area contributed by atoms with Crippen molar-refractivity contribution in [3.8, 4) is 6.07 Å². The van der Waals surface area contributed by atoms with E-state index < -0.39 is 5.60 Å². The summed E-state index contributed by atoms with van der Waals surface area (Å²) in [7, 11) is 1.59. The molecule has 0 radical (unpaired) electrons. The maximum atomic E-state index is 10.1. The standard InChI is InChI=1S/C13H17ClN2O2/c1-13(17,6-7-18-2)9-16-12-5-3-4-11(14)10(12)8-15/h3-5,16-17H,6-7,9H2,1-2H3. The summed E-state index contributed by atoms with van der Waals surface area (Å²) in [6.07, 6.45) is 0.513. The molecule has 0 saturated heterocycles. The number of hydrogen-bond acceptors (Lipinski definition) is 4. The van der Waals surface area contributed by atoms with E-state index in [1.807, 2.05) is 6.07 Å². The predicted molar refractivity (Wildman–Crippen MR) is 71.8 cm³/mol. The third kappa shape index (κ3) is 4.19. The van der Waals surface area contributed by atoms with E-state index in [1.54, 1.807) is 32.2 Å². The maximum Gasteiger partial charge on any atom is 0.103 e. The van der Waals surface area contributed by atoms with E-state index in [9.17, 15) is 5.11 Å². The van der Waals surface area contributed by atoms with Crippen LogP contribution in [0.4, 0.5) is 5.69 Å². The number of nitriles is 1. The van der Waals surface area contributed by atoms with Gasteiger partial charge in [-0.15, -0.1) is 0 Å². The fraction of sp³-hybridized carbons (Fsp3) is 0.462. The molecule has 1 atom stereocenters. The number of benzene rings is 1. The van der Waals surface area contributed by atoms with Gasteiger partial charge in [0, 0.05) is 26.7 Å². The molecule has 1 aromatic carbocycles. The van der Waals surface area contributed by atoms with Gasteiger partial charge in [-0.1, -0.05) is 17.7 Å². The average molecular weight is 269 g/mol. The first-order chi connectivity index (χ1) is 8.50. The highest BCUT2D eigenvalue weighted by molar-refractivity contribution is 6.32. The molecule has 0 spiro atoms. The molecule has 1 rings (SSSR count). The lowest BCUT2D eigenvalue weighted by Gasteiger charge is -2.24. The summed E-state index contributed by atoms with van der Waals surface area (Å²) >= 11 is 5.92. The van der Waals surface area contributed by atoms with Crippen LogP contribution >= 0.6 is 11.6 Å². The maximum absolute atomic E-state index is 10.1. The van der Waals surface area contributed by atoms with Crippen molar-refractivity contribution in [1.29, 1.82) is 5.26 Å². The molecule has 4 nitrogen and oxygen atoms in total. The largest absolute Gasteiger partial charge is 0.388 e. The number of aliphatic hydroxyl groups is 1. The van der Waals surface area contributed by atoms with Gasteiger partial charge in [-0.05, 0) is 19.1 Å². The molecule has 0 heterocycles. The van der Waals surface area contributed by atoms with Gasteiger partial charge in [-0.3, -0.25) is 0 Å². The zero-order valence-corrected chi connectivity index (χ0v) is 11.3. The molecule has 0 fully saturated rings. The zero-order valence-electron chi connectivity index (χ0n) is 10.5. The van der Waals surface area contributed by atoms with E-state index in [4.69, 9.17) is 21.6 Å². The Hall–Kier alpha value is -1.28. The van der Waals surface area contributed by atoms with Gasteiger partial charge in [0.25, 0.3) is 0 Å². The van der Waals surface area contributed by atoms with E-state index in [1.165, 1.54) is 0 Å². The summed E-state index contributed by atoms with van der Waals surface area (Å²) in [5, 5.41) is 22.5. The Bertz CT molecular complexity index is 441. The topological polar surface area (TPSA) is 65.3 Å². The van der Waals surface area contributed by atoms with Crippen molar-refractivity contribution in [3.05, 3.63) is 28.8 Å². The van der Waals surface area contributed by atoms with Crippen molar-refractivity contribution in [2.45, 2.75) is 18.9 Å². The Balaban J connectivity index is 2.69. The lowest BCUT2D eigenvalue weighted by molar-refractivity contribution is 0.0357. The van der Waals surface area contributed by atoms with E-state index >= 15 is 0 Å². The van der Waals surface area contributed by atoms with Crippen LogP contribution in [0.15, 0.2) is 18.2 Å². The molecule has 2 N–H and O–H groups in total. The Morgan fingerprint density at radius 3 is 2.89 bits per heavy atom. The highest BCUT2D eigenvalue weighted by Crippen LogP contribution is 2.24. The van der Waals surface area contributed by atoms with E-state index in [0.717, 1.165) is 0 Å². The number of anilines is 1. The highest BCUT2D eigenvalue weighted by Gasteiger charge is 2.20. The second-order valence-corrected chi connectivity index (χ2v) is 4.77. The number of methoxy groups -OCH3 is 1. The van der Waals surface area contributed by atoms with E-state index in [0.29, 0.717) is 35.8 Å². The van der Waals surface area contributed by atoms with Crippen LogP contribution in [0.2, 0.25) is 5.02 Å². The van der Waals surface area contributed by atoms with Crippen molar-refractivity contribution >= 4 is 17.3 Å². The van der Waals surface area contributed by atoms with E-state index in [-0.39, 0.29) is 0 Å². The van der Waals surface area contributed by atoms with Crippen molar-refractivity contribution < 1.29 is 9.84 Å². The van der Waals surface area contributed by atoms with Crippen LogP contribution in [0, 0.1) is 11.3 Å². The SMILES string of the molecule is COCCC(C)(O)CNc1cccc(Cl)c1C#N. The summed E-state index contributed by atoms with van der Waals surface area (Å²) in [5.41, 5.74) is 0.120. The number of ether oxygens (including phenoxy) is 1. The predicted octanol–water partition coefficient (Wildman–Crippen LogP) is 2.41. The van der Waals surface area contributed by atoms with Crippen molar-refractivity contribution in [3.63, 3.8) is 0 Å². The quantitative estimate of drug-likeness (QED) is 0.832. The molecule has 18 heavy (non-hydrogen) atoms. The normalized spacial score (nSPS) is 13.7. The Morgan fingerprint density at radius 2 is 2.28 bits per heavy atom. The third-order valence-corrected chi connectivity index (χ3v) is 2.94. The number of nitrogens with zero attached hydrogens (tertiary/aromatic N) is 1. The van der Waals surface area contributed by atoms with Gasteiger partial charge >= 0.3 is 0 Å². The summed E-state index contributed by atoms with van der Waals surface area (Å²) in [6.45, 7) is 2.52. The minimum absolute atomic E-state index is 0.325. The van der Waals surface area contributed by atoms with Crippen LogP contribution in [0.5, 0.6) is 0 Å². The minimum atomic E-state index is -0.898. The van der Waals surface area contributed by atoms with Crippen molar-refractivity contribution in [2.24, 2.45) is 0 Å². The molecule has 0 aliphatic rings. The molecular weight excluding hydrogens is 252 g/mol. The molecule has 0 amide bonds. The molecule has 98 valence electrons. The first-order valence-electron chi connectivity index (χ1n) is 5.64. The van der Waals surface area contributed by atoms with Gasteiger partial charge in [0.1, 0.15) is 6.07 Å². The molecular formula is C13H17ClN2O2. The first kappa shape index (κ1) is 14.8. The fourth-order valence-electron chi connectivity index (χ4n) is 1.48. The lowest BCUT2D eigenvalue weighted by Crippen LogP contribution is -2.34. The summed E-state index contributed by atoms with van der Waals surface area (Å²) in [5.74, 6) is 0. The fourth-order valence-corrected chi connectivity index (χ4v) is 1.70. The second-order valence-electron chi connectivity index (χ2n) is 4.37. The Morgan fingerprint density at radius 1 is 1.56 bits per heavy atom. The van der Waals surface area contributed by atoms with Crippen molar-refractivity contribution in [2.75, 3.05) is 25.6 Å². The molecule has 0 aliphatic heterocycles. The van der Waals surface area contributed by atoms with Crippen molar-refractivity contribution in [1.82, 2.24) is 0 Å². The van der Waals surface area contributed by atoms with Crippen LogP contribution in [0.25, 0.3) is 0 Å². The average Bonchev–Trinajstić information content (AvgIpc) is 2.34. The molecule has 0 aliphatic carbocycles. The van der Waals surface area contributed by atoms with Crippen LogP contribution in [0.1, 0.15) is 18.9 Å². The number of halogens is 1. The molecule has 1 unspecified atom stereocenters. The number of rotatable bonds is 6. The molecule has 0 aromatic heterocycles. The lowest BCUT2D eigenvalue weighted by atomic mass is 10.0. The van der Waals surface area contributed by atoms with Gasteiger partial charge in [0.2, 0.25) is 0 Å². The second kappa shape index (κ2) is 6.60. The van der Waals surface area contributed by atoms with E-state index in [2.05, 4.69) is 5.32 Å². The van der Waals surface area contributed by atoms with Crippen LogP contribution in [0.3, 0.4) is 0 Å². The zero-order chi connectivity index (χ0) is 13.6. The van der Waals surface area contributed by atoms with Crippen LogP contribution in [-0.2, 0) is 4.74 Å². The van der Waals surface area contributed by atoms with Gasteiger partial charge in [-0.25, -0.2) is 0 Å². The van der Waals surface area contributed by atoms with Gasteiger partial charge < -0.3 is 15.2 Å². The minimum Gasteiger partial charge on any atom is -0.388 e. The van der Waals surface area contributed by atoms with Gasteiger partial charge in [0.05, 0.1) is 21.9 Å². The monoisotopic (exact) mass is 268 g/mol. The molecule has 0 saturated carbocycles. The Labute approximate surface area is 112 Å². The smallest absolute Gasteiger partial charge is 0.103 e. The van der Waals surface area contributed by atoms with Crippen LogP contribution < -0.4 is 5.32 Å². The third-order valence-electron chi connectivity index (χ3n) is 2.63. The van der Waals surface area contributed by atoms with Crippen LogP contribution in [-0.4, -0.2) is 31.0 Å². The molecule has 0 bridgehead atoms.